The minimum atomic E-state index is -0.640. The lowest BCUT2D eigenvalue weighted by atomic mass is 10.1. The Balaban J connectivity index is 1.80. The predicted molar refractivity (Wildman–Crippen MR) is 120 cm³/mol. The number of aliphatic imine (C=N–C) groups is 1. The van der Waals surface area contributed by atoms with Crippen molar-refractivity contribution in [2.75, 3.05) is 18.1 Å². The predicted octanol–water partition coefficient (Wildman–Crippen LogP) is 4.19. The molecule has 0 bridgehead atoms. The summed E-state index contributed by atoms with van der Waals surface area (Å²) in [7, 11) is 0. The van der Waals surface area contributed by atoms with E-state index < -0.39 is 11.8 Å². The molecule has 31 heavy (non-hydrogen) atoms. The largest absolute Gasteiger partial charge is 0.463 e. The lowest BCUT2D eigenvalue weighted by molar-refractivity contribution is 0.0986. The summed E-state index contributed by atoms with van der Waals surface area (Å²) < 4.78 is 5.58. The molecule has 0 atom stereocenters. The molecule has 156 valence electrons. The zero-order chi connectivity index (χ0) is 22.0. The smallest absolute Gasteiger partial charge is 0.299 e. The summed E-state index contributed by atoms with van der Waals surface area (Å²) in [5.41, 5.74) is 7.44. The highest BCUT2D eigenvalue weighted by Gasteiger charge is 2.29. The Morgan fingerprint density at radius 2 is 1.87 bits per heavy atom. The summed E-state index contributed by atoms with van der Waals surface area (Å²) in [5, 5.41) is 0.566. The number of primary amides is 1. The van der Waals surface area contributed by atoms with Gasteiger partial charge in [-0.2, -0.15) is 0 Å². The van der Waals surface area contributed by atoms with E-state index in [0.29, 0.717) is 35.1 Å². The second-order valence-corrected chi connectivity index (χ2v) is 7.41. The number of rotatable bonds is 4. The maximum absolute atomic E-state index is 13.5. The molecule has 0 saturated heterocycles. The third-order valence-corrected chi connectivity index (χ3v) is 5.24. The summed E-state index contributed by atoms with van der Waals surface area (Å²) in [6.45, 7) is 0.780. The number of pyridine rings is 1. The molecule has 2 heterocycles. The molecule has 4 rings (SSSR count). The maximum atomic E-state index is 13.5. The Kier molecular flexibility index (Phi) is 5.88. The number of benzene rings is 2. The quantitative estimate of drug-likeness (QED) is 0.638. The van der Waals surface area contributed by atoms with Crippen LogP contribution in [0.2, 0.25) is 10.0 Å². The topological polar surface area (TPSA) is 97.9 Å². The number of nitrogens with zero attached hydrogens (tertiary/aromatic N) is 3. The molecule has 0 radical (unpaired) electrons. The van der Waals surface area contributed by atoms with Crippen LogP contribution in [0.25, 0.3) is 11.3 Å². The number of aromatic nitrogens is 1. The van der Waals surface area contributed by atoms with E-state index in [0.717, 1.165) is 0 Å². The molecule has 1 aliphatic rings. The highest BCUT2D eigenvalue weighted by atomic mass is 35.5. The van der Waals surface area contributed by atoms with E-state index in [9.17, 15) is 9.59 Å². The number of anilines is 1. The molecule has 2 aromatic carbocycles. The van der Waals surface area contributed by atoms with Gasteiger partial charge in [0.25, 0.3) is 11.9 Å². The van der Waals surface area contributed by atoms with E-state index in [1.54, 1.807) is 30.5 Å². The van der Waals surface area contributed by atoms with Crippen LogP contribution in [0, 0.1) is 0 Å². The van der Waals surface area contributed by atoms with Gasteiger partial charge in [-0.1, -0.05) is 29.3 Å². The maximum Gasteiger partial charge on any atom is 0.299 e. The zero-order valence-corrected chi connectivity index (χ0v) is 17.6. The molecule has 1 aromatic heterocycles. The number of hydrogen-bond acceptors (Lipinski definition) is 5. The third kappa shape index (κ3) is 4.23. The average Bonchev–Trinajstić information content (AvgIpc) is 3.29. The number of amidine groups is 1. The number of carbonyl (C=O) groups excluding carboxylic acids is 2. The Morgan fingerprint density at radius 1 is 1.03 bits per heavy atom. The van der Waals surface area contributed by atoms with E-state index >= 15 is 0 Å². The van der Waals surface area contributed by atoms with Crippen molar-refractivity contribution in [1.82, 2.24) is 4.98 Å². The van der Waals surface area contributed by atoms with E-state index in [4.69, 9.17) is 33.7 Å². The van der Waals surface area contributed by atoms with Crippen LogP contribution >= 0.6 is 23.2 Å². The number of ether oxygens (including phenoxy) is 1. The molecule has 0 saturated carbocycles. The lowest BCUT2D eigenvalue weighted by Crippen LogP contribution is -2.37. The van der Waals surface area contributed by atoms with Crippen molar-refractivity contribution in [1.29, 1.82) is 0 Å². The number of nitrogens with two attached hydrogens (primary N) is 1. The first-order valence-corrected chi connectivity index (χ1v) is 10.0. The van der Waals surface area contributed by atoms with Gasteiger partial charge in [-0.05, 0) is 48.5 Å². The molecular formula is C22H16Cl2N4O3. The molecule has 1 aliphatic heterocycles. The van der Waals surface area contributed by atoms with Gasteiger partial charge in [0.2, 0.25) is 5.91 Å². The molecular weight excluding hydrogens is 439 g/mol. The summed E-state index contributed by atoms with van der Waals surface area (Å²) in [5.74, 6) is -1.12. The highest BCUT2D eigenvalue weighted by Crippen LogP contribution is 2.32. The van der Waals surface area contributed by atoms with Crippen LogP contribution in [0.3, 0.4) is 0 Å². The van der Waals surface area contributed by atoms with Crippen molar-refractivity contribution in [2.24, 2.45) is 10.7 Å². The summed E-state index contributed by atoms with van der Waals surface area (Å²) in [4.78, 5) is 34.8. The number of halogens is 2. The van der Waals surface area contributed by atoms with Crippen molar-refractivity contribution in [3.8, 4) is 11.3 Å². The number of carbonyl (C=O) groups is 2. The van der Waals surface area contributed by atoms with Gasteiger partial charge in [0.1, 0.15) is 6.61 Å². The summed E-state index contributed by atoms with van der Waals surface area (Å²) in [6, 6.07) is 15.0. The molecule has 2 N–H and O–H groups in total. The van der Waals surface area contributed by atoms with Crippen molar-refractivity contribution in [3.63, 3.8) is 0 Å². The standard InChI is InChI=1S/C22H16Cl2N4O3/c23-17-7-5-14(12-16(17)19-3-1-2-8-26-19)28(22-27-9-10-31-22)21(30)15-6-4-13(20(25)29)11-18(15)24/h1-8,11-12H,9-10H2,(H2,25,29). The highest BCUT2D eigenvalue weighted by molar-refractivity contribution is 6.36. The zero-order valence-electron chi connectivity index (χ0n) is 16.1. The second kappa shape index (κ2) is 8.75. The SMILES string of the molecule is NC(=O)c1ccc(C(=O)N(C2=NCCO2)c2ccc(Cl)c(-c3ccccn3)c2)c(Cl)c1. The van der Waals surface area contributed by atoms with Crippen LogP contribution < -0.4 is 10.6 Å². The fourth-order valence-electron chi connectivity index (χ4n) is 3.11. The normalized spacial score (nSPS) is 12.8. The van der Waals surface area contributed by atoms with Gasteiger partial charge in [-0.15, -0.1) is 0 Å². The van der Waals surface area contributed by atoms with Crippen molar-refractivity contribution in [2.45, 2.75) is 0 Å². The first-order chi connectivity index (χ1) is 15.0. The molecule has 3 aromatic rings. The van der Waals surface area contributed by atoms with Crippen molar-refractivity contribution < 1.29 is 14.3 Å². The molecule has 0 spiro atoms. The lowest BCUT2D eigenvalue weighted by Gasteiger charge is -2.23. The van der Waals surface area contributed by atoms with E-state index in [-0.39, 0.29) is 22.2 Å². The molecule has 9 heteroatoms. The summed E-state index contributed by atoms with van der Waals surface area (Å²) >= 11 is 12.7. The van der Waals surface area contributed by atoms with Crippen LogP contribution in [0.1, 0.15) is 20.7 Å². The number of hydrogen-bond donors (Lipinski definition) is 1. The first kappa shape index (κ1) is 20.8. The third-order valence-electron chi connectivity index (χ3n) is 4.60. The van der Waals surface area contributed by atoms with Crippen LogP contribution in [-0.4, -0.2) is 36.0 Å². The first-order valence-electron chi connectivity index (χ1n) is 9.27. The van der Waals surface area contributed by atoms with E-state index in [1.807, 2.05) is 12.1 Å². The van der Waals surface area contributed by atoms with Gasteiger partial charge in [0, 0.05) is 17.3 Å². The van der Waals surface area contributed by atoms with Gasteiger partial charge >= 0.3 is 0 Å². The minimum absolute atomic E-state index is 0.0869. The van der Waals surface area contributed by atoms with Gasteiger partial charge in [0.15, 0.2) is 0 Å². The Hall–Kier alpha value is -3.42. The monoisotopic (exact) mass is 454 g/mol. The molecule has 0 unspecified atom stereocenters. The van der Waals surface area contributed by atoms with Gasteiger partial charge in [-0.25, -0.2) is 9.89 Å². The van der Waals surface area contributed by atoms with Crippen LogP contribution in [0.15, 0.2) is 65.8 Å². The van der Waals surface area contributed by atoms with Gasteiger partial charge in [-0.3, -0.25) is 14.6 Å². The van der Waals surface area contributed by atoms with E-state index in [1.165, 1.54) is 23.1 Å². The Bertz CT molecular complexity index is 1200. The van der Waals surface area contributed by atoms with E-state index in [2.05, 4.69) is 9.98 Å². The van der Waals surface area contributed by atoms with Crippen LogP contribution in [0.5, 0.6) is 0 Å². The second-order valence-electron chi connectivity index (χ2n) is 6.59. The Morgan fingerprint density at radius 3 is 2.52 bits per heavy atom. The van der Waals surface area contributed by atoms with Crippen LogP contribution in [-0.2, 0) is 4.74 Å². The van der Waals surface area contributed by atoms with Crippen molar-refractivity contribution in [3.05, 3.63) is 82.0 Å². The minimum Gasteiger partial charge on any atom is -0.463 e. The Labute approximate surface area is 188 Å². The molecule has 2 amide bonds. The fraction of sp³-hybridized carbons (Fsp3) is 0.0909. The van der Waals surface area contributed by atoms with Crippen LogP contribution in [0.4, 0.5) is 5.69 Å². The average molecular weight is 455 g/mol. The molecule has 0 aliphatic carbocycles. The van der Waals surface area contributed by atoms with Gasteiger partial charge < -0.3 is 10.5 Å². The fourth-order valence-corrected chi connectivity index (χ4v) is 3.58. The number of amides is 2. The van der Waals surface area contributed by atoms with Gasteiger partial charge in [0.05, 0.1) is 33.5 Å². The summed E-state index contributed by atoms with van der Waals surface area (Å²) in [6.07, 6.45) is 1.66. The molecule has 0 fully saturated rings. The van der Waals surface area contributed by atoms with Crippen molar-refractivity contribution >= 4 is 46.7 Å². The molecule has 7 nitrogen and oxygen atoms in total.